The lowest BCUT2D eigenvalue weighted by molar-refractivity contribution is 0.0696. The van der Waals surface area contributed by atoms with E-state index in [0.717, 1.165) is 31.0 Å². The van der Waals surface area contributed by atoms with Gasteiger partial charge in [0.2, 0.25) is 0 Å². The van der Waals surface area contributed by atoms with E-state index in [1.807, 2.05) is 30.0 Å². The number of fused-ring (bicyclic) bond motifs is 1. The standard InChI is InChI=1S/C17H17NO2S/c19-17(20)13-6-7-14-11-18(12-15(14)10-13)8-9-21-16-4-2-1-3-5-16/h1-7,10H,8-9,11-12H2,(H,19,20). The van der Waals surface area contributed by atoms with Gasteiger partial charge in [0.15, 0.2) is 0 Å². The van der Waals surface area contributed by atoms with E-state index in [1.54, 1.807) is 6.07 Å². The zero-order chi connectivity index (χ0) is 14.7. The van der Waals surface area contributed by atoms with Gasteiger partial charge in [-0.15, -0.1) is 11.8 Å². The molecule has 3 rings (SSSR count). The molecule has 108 valence electrons. The van der Waals surface area contributed by atoms with Gasteiger partial charge in [0.25, 0.3) is 0 Å². The number of hydrogen-bond donors (Lipinski definition) is 1. The molecule has 0 saturated carbocycles. The van der Waals surface area contributed by atoms with Gasteiger partial charge < -0.3 is 5.11 Å². The molecule has 1 N–H and O–H groups in total. The van der Waals surface area contributed by atoms with Gasteiger partial charge in [-0.05, 0) is 35.4 Å². The molecule has 0 aliphatic carbocycles. The Bertz CT molecular complexity index is 642. The van der Waals surface area contributed by atoms with Gasteiger partial charge in [-0.25, -0.2) is 4.79 Å². The summed E-state index contributed by atoms with van der Waals surface area (Å²) >= 11 is 1.86. The highest BCUT2D eigenvalue weighted by atomic mass is 32.2. The zero-order valence-corrected chi connectivity index (χ0v) is 12.5. The van der Waals surface area contributed by atoms with Crippen LogP contribution < -0.4 is 0 Å². The van der Waals surface area contributed by atoms with Crippen molar-refractivity contribution < 1.29 is 9.90 Å². The van der Waals surface area contributed by atoms with Crippen molar-refractivity contribution in [1.29, 1.82) is 0 Å². The Hall–Kier alpha value is -1.78. The summed E-state index contributed by atoms with van der Waals surface area (Å²) in [7, 11) is 0. The topological polar surface area (TPSA) is 40.5 Å². The molecule has 0 radical (unpaired) electrons. The Labute approximate surface area is 128 Å². The Morgan fingerprint density at radius 1 is 1.10 bits per heavy atom. The molecule has 0 saturated heterocycles. The minimum atomic E-state index is -0.851. The van der Waals surface area contributed by atoms with Crippen molar-refractivity contribution in [1.82, 2.24) is 4.90 Å². The summed E-state index contributed by atoms with van der Waals surface area (Å²) in [5.74, 6) is 0.194. The Balaban J connectivity index is 1.54. The van der Waals surface area contributed by atoms with Crippen molar-refractivity contribution in [2.24, 2.45) is 0 Å². The Kier molecular flexibility index (Phi) is 4.27. The minimum absolute atomic E-state index is 0.384. The van der Waals surface area contributed by atoms with Gasteiger partial charge in [-0.1, -0.05) is 24.3 Å². The van der Waals surface area contributed by atoms with Crippen LogP contribution in [0.25, 0.3) is 0 Å². The monoisotopic (exact) mass is 299 g/mol. The SMILES string of the molecule is O=C(O)c1ccc2c(c1)CN(CCSc1ccccc1)C2. The zero-order valence-electron chi connectivity index (χ0n) is 11.7. The van der Waals surface area contributed by atoms with Gasteiger partial charge in [0.1, 0.15) is 0 Å². The molecule has 3 nitrogen and oxygen atoms in total. The summed E-state index contributed by atoms with van der Waals surface area (Å²) in [6.45, 7) is 2.78. The van der Waals surface area contributed by atoms with Gasteiger partial charge in [0.05, 0.1) is 5.56 Å². The Morgan fingerprint density at radius 3 is 2.62 bits per heavy atom. The molecule has 1 heterocycles. The number of hydrogen-bond acceptors (Lipinski definition) is 3. The number of aromatic carboxylic acids is 1. The molecule has 0 fully saturated rings. The molecule has 1 aliphatic heterocycles. The summed E-state index contributed by atoms with van der Waals surface area (Å²) in [6.07, 6.45) is 0. The number of carbonyl (C=O) groups is 1. The fourth-order valence-electron chi connectivity index (χ4n) is 2.57. The van der Waals surface area contributed by atoms with Crippen LogP contribution in [0, 0.1) is 0 Å². The highest BCUT2D eigenvalue weighted by molar-refractivity contribution is 7.99. The van der Waals surface area contributed by atoms with Crippen LogP contribution in [0.1, 0.15) is 21.5 Å². The lowest BCUT2D eigenvalue weighted by atomic mass is 10.1. The summed E-state index contributed by atoms with van der Waals surface area (Å²) in [5.41, 5.74) is 2.79. The normalized spacial score (nSPS) is 14.1. The number of nitrogens with zero attached hydrogens (tertiary/aromatic N) is 1. The number of carboxylic acids is 1. The maximum absolute atomic E-state index is 11.0. The average molecular weight is 299 g/mol. The van der Waals surface area contributed by atoms with Gasteiger partial charge >= 0.3 is 5.97 Å². The third-order valence-electron chi connectivity index (χ3n) is 3.66. The molecule has 21 heavy (non-hydrogen) atoms. The number of benzene rings is 2. The van der Waals surface area contributed by atoms with Gasteiger partial charge in [0, 0.05) is 30.3 Å². The summed E-state index contributed by atoms with van der Waals surface area (Å²) in [4.78, 5) is 14.7. The van der Waals surface area contributed by atoms with E-state index in [0.29, 0.717) is 5.56 Å². The number of thioether (sulfide) groups is 1. The fraction of sp³-hybridized carbons (Fsp3) is 0.235. The molecule has 1 aliphatic rings. The summed E-state index contributed by atoms with van der Waals surface area (Å²) in [5, 5.41) is 9.03. The van der Waals surface area contributed by atoms with Crippen LogP contribution in [-0.2, 0) is 13.1 Å². The van der Waals surface area contributed by atoms with Gasteiger partial charge in [-0.3, -0.25) is 4.90 Å². The highest BCUT2D eigenvalue weighted by Crippen LogP contribution is 2.25. The first-order valence-electron chi connectivity index (χ1n) is 6.98. The van der Waals surface area contributed by atoms with E-state index in [2.05, 4.69) is 29.2 Å². The van der Waals surface area contributed by atoms with E-state index in [9.17, 15) is 4.79 Å². The maximum atomic E-state index is 11.0. The molecule has 0 spiro atoms. The number of carboxylic acid groups (broad SMARTS) is 1. The van der Waals surface area contributed by atoms with Crippen LogP contribution in [0.3, 0.4) is 0 Å². The first kappa shape index (κ1) is 14.2. The second-order valence-corrected chi connectivity index (χ2v) is 6.33. The molecule has 0 amide bonds. The second-order valence-electron chi connectivity index (χ2n) is 5.16. The molecule has 2 aromatic rings. The van der Waals surface area contributed by atoms with Crippen molar-refractivity contribution in [3.8, 4) is 0 Å². The third-order valence-corrected chi connectivity index (χ3v) is 4.65. The summed E-state index contributed by atoms with van der Waals surface area (Å²) < 4.78 is 0. The highest BCUT2D eigenvalue weighted by Gasteiger charge is 2.19. The van der Waals surface area contributed by atoms with E-state index in [1.165, 1.54) is 10.5 Å². The molecule has 0 aromatic heterocycles. The van der Waals surface area contributed by atoms with Crippen molar-refractivity contribution in [3.05, 3.63) is 65.2 Å². The molecular weight excluding hydrogens is 282 g/mol. The molecule has 0 atom stereocenters. The van der Waals surface area contributed by atoms with Gasteiger partial charge in [-0.2, -0.15) is 0 Å². The molecule has 2 aromatic carbocycles. The largest absolute Gasteiger partial charge is 0.478 e. The average Bonchev–Trinajstić information content (AvgIpc) is 2.90. The second kappa shape index (κ2) is 6.33. The van der Waals surface area contributed by atoms with Crippen molar-refractivity contribution in [2.45, 2.75) is 18.0 Å². The van der Waals surface area contributed by atoms with Crippen LogP contribution in [0.2, 0.25) is 0 Å². The van der Waals surface area contributed by atoms with Crippen LogP contribution >= 0.6 is 11.8 Å². The smallest absolute Gasteiger partial charge is 0.335 e. The van der Waals surface area contributed by atoms with E-state index in [4.69, 9.17) is 5.11 Å². The Morgan fingerprint density at radius 2 is 1.86 bits per heavy atom. The van der Waals surface area contributed by atoms with Crippen LogP contribution in [0.4, 0.5) is 0 Å². The third kappa shape index (κ3) is 3.46. The minimum Gasteiger partial charge on any atom is -0.478 e. The maximum Gasteiger partial charge on any atom is 0.335 e. The van der Waals surface area contributed by atoms with Crippen molar-refractivity contribution >= 4 is 17.7 Å². The van der Waals surface area contributed by atoms with Crippen LogP contribution in [0.5, 0.6) is 0 Å². The lowest BCUT2D eigenvalue weighted by Gasteiger charge is -2.14. The first-order valence-corrected chi connectivity index (χ1v) is 7.96. The number of rotatable bonds is 5. The quantitative estimate of drug-likeness (QED) is 0.858. The molecule has 4 heteroatoms. The van der Waals surface area contributed by atoms with E-state index in [-0.39, 0.29) is 0 Å². The molecular formula is C17H17NO2S. The van der Waals surface area contributed by atoms with Crippen LogP contribution in [-0.4, -0.2) is 28.3 Å². The predicted octanol–water partition coefficient (Wildman–Crippen LogP) is 3.49. The molecule has 0 unspecified atom stereocenters. The van der Waals surface area contributed by atoms with E-state index >= 15 is 0 Å². The van der Waals surface area contributed by atoms with Crippen molar-refractivity contribution in [2.75, 3.05) is 12.3 Å². The van der Waals surface area contributed by atoms with Crippen molar-refractivity contribution in [3.63, 3.8) is 0 Å². The molecule has 0 bridgehead atoms. The predicted molar refractivity (Wildman–Crippen MR) is 84.7 cm³/mol. The van der Waals surface area contributed by atoms with E-state index < -0.39 is 5.97 Å². The van der Waals surface area contributed by atoms with Crippen LogP contribution in [0.15, 0.2) is 53.4 Å². The fourth-order valence-corrected chi connectivity index (χ4v) is 3.50. The first-order chi connectivity index (χ1) is 10.2. The lowest BCUT2D eigenvalue weighted by Crippen LogP contribution is -2.19. The summed E-state index contributed by atoms with van der Waals surface area (Å²) in [6, 6.07) is 15.9.